The lowest BCUT2D eigenvalue weighted by Gasteiger charge is -2.06. The van der Waals surface area contributed by atoms with Crippen molar-refractivity contribution in [3.8, 4) is 16.9 Å². The van der Waals surface area contributed by atoms with Gasteiger partial charge in [0, 0.05) is 18.3 Å². The van der Waals surface area contributed by atoms with Gasteiger partial charge in [0.25, 0.3) is 5.91 Å². The fourth-order valence-corrected chi connectivity index (χ4v) is 2.55. The van der Waals surface area contributed by atoms with E-state index in [0.29, 0.717) is 24.2 Å². The van der Waals surface area contributed by atoms with Crippen molar-refractivity contribution in [1.29, 1.82) is 0 Å². The first-order chi connectivity index (χ1) is 12.1. The van der Waals surface area contributed by atoms with Crippen molar-refractivity contribution in [3.05, 3.63) is 72.4 Å². The molecule has 0 aliphatic rings. The molecule has 0 fully saturated rings. The largest absolute Gasteiger partial charge is 0.393 e. The first kappa shape index (κ1) is 16.9. The Bertz CT molecular complexity index is 827. The van der Waals surface area contributed by atoms with Crippen LogP contribution in [0.2, 0.25) is 0 Å². The van der Waals surface area contributed by atoms with Crippen LogP contribution in [0.4, 0.5) is 0 Å². The molecule has 1 unspecified atom stereocenters. The van der Waals surface area contributed by atoms with Gasteiger partial charge in [-0.05, 0) is 25.5 Å². The van der Waals surface area contributed by atoms with Crippen molar-refractivity contribution >= 4 is 5.91 Å². The Kier molecular flexibility index (Phi) is 5.26. The van der Waals surface area contributed by atoms with Crippen LogP contribution in [-0.4, -0.2) is 33.4 Å². The molecular formula is C20H21N3O2. The van der Waals surface area contributed by atoms with E-state index in [9.17, 15) is 9.90 Å². The molecule has 1 heterocycles. The fourth-order valence-electron chi connectivity index (χ4n) is 2.55. The summed E-state index contributed by atoms with van der Waals surface area (Å²) >= 11 is 0. The summed E-state index contributed by atoms with van der Waals surface area (Å²) < 4.78 is 1.71. The summed E-state index contributed by atoms with van der Waals surface area (Å²) in [7, 11) is 0. The molecule has 0 saturated heterocycles. The third kappa shape index (κ3) is 4.14. The Labute approximate surface area is 146 Å². The molecule has 5 nitrogen and oxygen atoms in total. The summed E-state index contributed by atoms with van der Waals surface area (Å²) in [4.78, 5) is 12.6. The second-order valence-electron chi connectivity index (χ2n) is 5.93. The SMILES string of the molecule is CC(O)CCNC(=O)c1cn(-c2ccccc2)nc1-c1ccccc1. The molecule has 0 aliphatic heterocycles. The Morgan fingerprint density at radius 1 is 1.12 bits per heavy atom. The number of rotatable bonds is 6. The highest BCUT2D eigenvalue weighted by atomic mass is 16.3. The third-order valence-electron chi connectivity index (χ3n) is 3.87. The molecule has 1 amide bonds. The van der Waals surface area contributed by atoms with Crippen molar-refractivity contribution < 1.29 is 9.90 Å². The average molecular weight is 335 g/mol. The molecule has 0 aliphatic carbocycles. The number of amides is 1. The van der Waals surface area contributed by atoms with Gasteiger partial charge in [0.15, 0.2) is 0 Å². The molecule has 0 radical (unpaired) electrons. The maximum atomic E-state index is 12.6. The van der Waals surface area contributed by atoms with E-state index in [0.717, 1.165) is 11.3 Å². The number of nitrogens with zero attached hydrogens (tertiary/aromatic N) is 2. The highest BCUT2D eigenvalue weighted by molar-refractivity contribution is 5.99. The molecule has 0 spiro atoms. The molecular weight excluding hydrogens is 314 g/mol. The number of hydrogen-bond acceptors (Lipinski definition) is 3. The molecule has 1 atom stereocenters. The summed E-state index contributed by atoms with van der Waals surface area (Å²) in [6.45, 7) is 2.12. The van der Waals surface area contributed by atoms with E-state index < -0.39 is 6.10 Å². The number of aliphatic hydroxyl groups excluding tert-OH is 1. The lowest BCUT2D eigenvalue weighted by Crippen LogP contribution is -2.26. The topological polar surface area (TPSA) is 67.2 Å². The van der Waals surface area contributed by atoms with Crippen molar-refractivity contribution in [2.45, 2.75) is 19.4 Å². The van der Waals surface area contributed by atoms with E-state index in [1.165, 1.54) is 0 Å². The summed E-state index contributed by atoms with van der Waals surface area (Å²) in [6, 6.07) is 19.3. The number of hydrogen-bond donors (Lipinski definition) is 2. The smallest absolute Gasteiger partial charge is 0.255 e. The first-order valence-corrected chi connectivity index (χ1v) is 8.32. The predicted molar refractivity (Wildman–Crippen MR) is 97.6 cm³/mol. The van der Waals surface area contributed by atoms with Gasteiger partial charge >= 0.3 is 0 Å². The van der Waals surface area contributed by atoms with E-state index in [1.54, 1.807) is 17.8 Å². The van der Waals surface area contributed by atoms with Gasteiger partial charge in [-0.1, -0.05) is 48.5 Å². The van der Waals surface area contributed by atoms with Gasteiger partial charge in [-0.3, -0.25) is 4.79 Å². The molecule has 2 N–H and O–H groups in total. The molecule has 0 bridgehead atoms. The van der Waals surface area contributed by atoms with Crippen LogP contribution in [0.3, 0.4) is 0 Å². The summed E-state index contributed by atoms with van der Waals surface area (Å²) in [5.41, 5.74) is 2.93. The first-order valence-electron chi connectivity index (χ1n) is 8.32. The molecule has 3 rings (SSSR count). The third-order valence-corrected chi connectivity index (χ3v) is 3.87. The summed E-state index contributed by atoms with van der Waals surface area (Å²) in [6.07, 6.45) is 1.81. The van der Waals surface area contributed by atoms with E-state index in [1.807, 2.05) is 60.7 Å². The number of para-hydroxylation sites is 1. The fraction of sp³-hybridized carbons (Fsp3) is 0.200. The zero-order chi connectivity index (χ0) is 17.6. The number of aromatic nitrogens is 2. The maximum absolute atomic E-state index is 12.6. The zero-order valence-corrected chi connectivity index (χ0v) is 14.1. The monoisotopic (exact) mass is 335 g/mol. The zero-order valence-electron chi connectivity index (χ0n) is 14.1. The molecule has 2 aromatic carbocycles. The van der Waals surface area contributed by atoms with E-state index in [2.05, 4.69) is 10.4 Å². The van der Waals surface area contributed by atoms with E-state index in [4.69, 9.17) is 0 Å². The van der Waals surface area contributed by atoms with Crippen molar-refractivity contribution in [3.63, 3.8) is 0 Å². The number of nitrogens with one attached hydrogen (secondary N) is 1. The van der Waals surface area contributed by atoms with Gasteiger partial charge in [0.1, 0.15) is 5.69 Å². The molecule has 5 heteroatoms. The number of benzene rings is 2. The van der Waals surface area contributed by atoms with Gasteiger partial charge < -0.3 is 10.4 Å². The van der Waals surface area contributed by atoms with Crippen molar-refractivity contribution in [1.82, 2.24) is 15.1 Å². The normalized spacial score (nSPS) is 11.9. The molecule has 0 saturated carbocycles. The van der Waals surface area contributed by atoms with Crippen LogP contribution >= 0.6 is 0 Å². The van der Waals surface area contributed by atoms with Gasteiger partial charge in [-0.2, -0.15) is 5.10 Å². The summed E-state index contributed by atoms with van der Waals surface area (Å²) in [5, 5.41) is 16.8. The minimum absolute atomic E-state index is 0.193. The number of aliphatic hydroxyl groups is 1. The van der Waals surface area contributed by atoms with Crippen LogP contribution in [0.1, 0.15) is 23.7 Å². The Balaban J connectivity index is 1.95. The Morgan fingerprint density at radius 3 is 2.40 bits per heavy atom. The number of carbonyl (C=O) groups excluding carboxylic acids is 1. The minimum Gasteiger partial charge on any atom is -0.393 e. The van der Waals surface area contributed by atoms with Crippen LogP contribution in [-0.2, 0) is 0 Å². The van der Waals surface area contributed by atoms with Crippen LogP contribution in [0.5, 0.6) is 0 Å². The van der Waals surface area contributed by atoms with E-state index in [-0.39, 0.29) is 5.91 Å². The highest BCUT2D eigenvalue weighted by Gasteiger charge is 2.18. The molecule has 25 heavy (non-hydrogen) atoms. The van der Waals surface area contributed by atoms with Crippen LogP contribution in [0, 0.1) is 0 Å². The van der Waals surface area contributed by atoms with Gasteiger partial charge in [-0.15, -0.1) is 0 Å². The lowest BCUT2D eigenvalue weighted by molar-refractivity contribution is 0.0946. The summed E-state index contributed by atoms with van der Waals surface area (Å²) in [5.74, 6) is -0.193. The number of carbonyl (C=O) groups is 1. The van der Waals surface area contributed by atoms with E-state index >= 15 is 0 Å². The average Bonchev–Trinajstić information content (AvgIpc) is 3.08. The minimum atomic E-state index is -0.444. The van der Waals surface area contributed by atoms with Crippen LogP contribution < -0.4 is 5.32 Å². The van der Waals surface area contributed by atoms with Gasteiger partial charge in [0.2, 0.25) is 0 Å². The van der Waals surface area contributed by atoms with Crippen LogP contribution in [0.15, 0.2) is 66.9 Å². The van der Waals surface area contributed by atoms with Gasteiger partial charge in [-0.25, -0.2) is 4.68 Å². The molecule has 1 aromatic heterocycles. The van der Waals surface area contributed by atoms with Crippen molar-refractivity contribution in [2.75, 3.05) is 6.54 Å². The quantitative estimate of drug-likeness (QED) is 0.727. The Morgan fingerprint density at radius 2 is 1.76 bits per heavy atom. The Hall–Kier alpha value is -2.92. The lowest BCUT2D eigenvalue weighted by atomic mass is 10.1. The van der Waals surface area contributed by atoms with Crippen LogP contribution in [0.25, 0.3) is 16.9 Å². The highest BCUT2D eigenvalue weighted by Crippen LogP contribution is 2.23. The molecule has 128 valence electrons. The van der Waals surface area contributed by atoms with Crippen molar-refractivity contribution in [2.24, 2.45) is 0 Å². The second-order valence-corrected chi connectivity index (χ2v) is 5.93. The standard InChI is InChI=1S/C20H21N3O2/c1-15(24)12-13-21-20(25)18-14-23(17-10-6-3-7-11-17)22-19(18)16-8-4-2-5-9-16/h2-11,14-15,24H,12-13H2,1H3,(H,21,25). The second kappa shape index (κ2) is 7.77. The predicted octanol–water partition coefficient (Wildman–Crippen LogP) is 3.04. The molecule has 3 aromatic rings. The van der Waals surface area contributed by atoms with Gasteiger partial charge in [0.05, 0.1) is 17.4 Å². The maximum Gasteiger partial charge on any atom is 0.255 e.